The molecule has 1 aliphatic heterocycles. The van der Waals surface area contributed by atoms with Gasteiger partial charge in [-0.25, -0.2) is 0 Å². The van der Waals surface area contributed by atoms with Crippen molar-refractivity contribution in [2.45, 2.75) is 31.8 Å². The third-order valence-corrected chi connectivity index (χ3v) is 3.06. The predicted octanol–water partition coefficient (Wildman–Crippen LogP) is 2.37. The maximum atomic E-state index is 8.64. The SMILES string of the molecule is OCCC#Cc1ccc(OCCC2CCCO2)cc1. The largest absolute Gasteiger partial charge is 0.493 e. The van der Waals surface area contributed by atoms with Crippen LogP contribution in [0.25, 0.3) is 0 Å². The molecule has 0 radical (unpaired) electrons. The van der Waals surface area contributed by atoms with Gasteiger partial charge in [-0.3, -0.25) is 0 Å². The van der Waals surface area contributed by atoms with Gasteiger partial charge in [-0.15, -0.1) is 0 Å². The van der Waals surface area contributed by atoms with E-state index in [0.717, 1.165) is 30.8 Å². The molecule has 3 nitrogen and oxygen atoms in total. The zero-order valence-corrected chi connectivity index (χ0v) is 11.1. The molecule has 1 unspecified atom stereocenters. The minimum Gasteiger partial charge on any atom is -0.493 e. The summed E-state index contributed by atoms with van der Waals surface area (Å²) in [4.78, 5) is 0. The van der Waals surface area contributed by atoms with E-state index in [1.165, 1.54) is 6.42 Å². The van der Waals surface area contributed by atoms with Crippen LogP contribution < -0.4 is 4.74 Å². The summed E-state index contributed by atoms with van der Waals surface area (Å²) in [7, 11) is 0. The molecule has 0 amide bonds. The van der Waals surface area contributed by atoms with Crippen molar-refractivity contribution in [2.24, 2.45) is 0 Å². The predicted molar refractivity (Wildman–Crippen MR) is 74.1 cm³/mol. The van der Waals surface area contributed by atoms with Gasteiger partial charge in [-0.05, 0) is 37.1 Å². The van der Waals surface area contributed by atoms with E-state index in [1.54, 1.807) is 0 Å². The van der Waals surface area contributed by atoms with E-state index in [4.69, 9.17) is 14.6 Å². The third-order valence-electron chi connectivity index (χ3n) is 3.06. The zero-order valence-electron chi connectivity index (χ0n) is 11.1. The van der Waals surface area contributed by atoms with Gasteiger partial charge in [0.2, 0.25) is 0 Å². The Morgan fingerprint density at radius 3 is 2.84 bits per heavy atom. The van der Waals surface area contributed by atoms with Gasteiger partial charge >= 0.3 is 0 Å². The van der Waals surface area contributed by atoms with E-state index < -0.39 is 0 Å². The van der Waals surface area contributed by atoms with Crippen molar-refractivity contribution >= 4 is 0 Å². The Labute approximate surface area is 114 Å². The molecule has 1 aromatic rings. The lowest BCUT2D eigenvalue weighted by molar-refractivity contribution is 0.0903. The van der Waals surface area contributed by atoms with Gasteiger partial charge in [0.1, 0.15) is 5.75 Å². The van der Waals surface area contributed by atoms with E-state index >= 15 is 0 Å². The van der Waals surface area contributed by atoms with Crippen molar-refractivity contribution in [2.75, 3.05) is 19.8 Å². The van der Waals surface area contributed by atoms with Gasteiger partial charge in [-0.2, -0.15) is 0 Å². The fourth-order valence-corrected chi connectivity index (χ4v) is 2.04. The van der Waals surface area contributed by atoms with Crippen LogP contribution in [0.15, 0.2) is 24.3 Å². The van der Waals surface area contributed by atoms with Crippen LogP contribution in [0, 0.1) is 11.8 Å². The van der Waals surface area contributed by atoms with Gasteiger partial charge in [0.15, 0.2) is 0 Å². The van der Waals surface area contributed by atoms with Gasteiger partial charge in [0, 0.05) is 25.0 Å². The van der Waals surface area contributed by atoms with Crippen molar-refractivity contribution in [3.8, 4) is 17.6 Å². The molecule has 0 spiro atoms. The van der Waals surface area contributed by atoms with Crippen LogP contribution in [0.4, 0.5) is 0 Å². The van der Waals surface area contributed by atoms with Gasteiger partial charge < -0.3 is 14.6 Å². The van der Waals surface area contributed by atoms with Crippen LogP contribution in [0.1, 0.15) is 31.2 Å². The molecule has 0 bridgehead atoms. The van der Waals surface area contributed by atoms with Crippen molar-refractivity contribution < 1.29 is 14.6 Å². The van der Waals surface area contributed by atoms with E-state index in [0.29, 0.717) is 19.1 Å². The van der Waals surface area contributed by atoms with Crippen LogP contribution in [-0.4, -0.2) is 31.0 Å². The maximum absolute atomic E-state index is 8.64. The molecule has 1 fully saturated rings. The molecule has 1 heterocycles. The van der Waals surface area contributed by atoms with Crippen molar-refractivity contribution in [1.29, 1.82) is 0 Å². The Morgan fingerprint density at radius 2 is 2.16 bits per heavy atom. The quantitative estimate of drug-likeness (QED) is 0.826. The standard InChI is InChI=1S/C16H20O3/c17-11-2-1-4-14-6-8-16(9-7-14)19-13-10-15-5-3-12-18-15/h6-9,15,17H,2-3,5,10-13H2. The summed E-state index contributed by atoms with van der Waals surface area (Å²) in [6, 6.07) is 7.73. The van der Waals surface area contributed by atoms with E-state index in [-0.39, 0.29) is 6.61 Å². The molecule has 1 saturated heterocycles. The monoisotopic (exact) mass is 260 g/mol. The number of aliphatic hydroxyl groups is 1. The zero-order chi connectivity index (χ0) is 13.3. The van der Waals surface area contributed by atoms with Crippen LogP contribution >= 0.6 is 0 Å². The normalized spacial score (nSPS) is 17.8. The molecule has 19 heavy (non-hydrogen) atoms. The van der Waals surface area contributed by atoms with Crippen LogP contribution in [0.5, 0.6) is 5.75 Å². The minimum atomic E-state index is 0.109. The number of ether oxygens (including phenoxy) is 2. The highest BCUT2D eigenvalue weighted by molar-refractivity contribution is 5.38. The number of rotatable bonds is 5. The summed E-state index contributed by atoms with van der Waals surface area (Å²) in [5.74, 6) is 6.75. The Morgan fingerprint density at radius 1 is 1.32 bits per heavy atom. The van der Waals surface area contributed by atoms with Gasteiger partial charge in [0.25, 0.3) is 0 Å². The molecule has 102 valence electrons. The first-order valence-electron chi connectivity index (χ1n) is 6.82. The summed E-state index contributed by atoms with van der Waals surface area (Å²) in [6.45, 7) is 1.70. The highest BCUT2D eigenvalue weighted by Crippen LogP contribution is 2.17. The fourth-order valence-electron chi connectivity index (χ4n) is 2.04. The highest BCUT2D eigenvalue weighted by Gasteiger charge is 2.14. The fraction of sp³-hybridized carbons (Fsp3) is 0.500. The van der Waals surface area contributed by atoms with Crippen LogP contribution in [0.2, 0.25) is 0 Å². The topological polar surface area (TPSA) is 38.7 Å². The van der Waals surface area contributed by atoms with E-state index in [1.807, 2.05) is 24.3 Å². The second-order valence-corrected chi connectivity index (χ2v) is 4.57. The lowest BCUT2D eigenvalue weighted by Gasteiger charge is -2.10. The molecular weight excluding hydrogens is 240 g/mol. The number of aliphatic hydroxyl groups excluding tert-OH is 1. The first-order valence-corrected chi connectivity index (χ1v) is 6.82. The maximum Gasteiger partial charge on any atom is 0.119 e. The molecule has 0 saturated carbocycles. The third kappa shape index (κ3) is 4.94. The summed E-state index contributed by atoms with van der Waals surface area (Å²) >= 11 is 0. The minimum absolute atomic E-state index is 0.109. The molecule has 0 aromatic heterocycles. The molecule has 1 atom stereocenters. The first-order chi connectivity index (χ1) is 9.38. The molecule has 3 heteroatoms. The van der Waals surface area contributed by atoms with Crippen LogP contribution in [-0.2, 0) is 4.74 Å². The molecule has 0 aliphatic carbocycles. The summed E-state index contributed by atoms with van der Waals surface area (Å²) in [6.07, 6.45) is 4.18. The summed E-state index contributed by atoms with van der Waals surface area (Å²) in [5.41, 5.74) is 0.944. The van der Waals surface area contributed by atoms with Crippen molar-refractivity contribution in [3.05, 3.63) is 29.8 Å². The second kappa shape index (κ2) is 7.83. The smallest absolute Gasteiger partial charge is 0.119 e. The van der Waals surface area contributed by atoms with Gasteiger partial charge in [-0.1, -0.05) is 11.8 Å². The number of hydrogen-bond acceptors (Lipinski definition) is 3. The molecule has 1 aromatic carbocycles. The lowest BCUT2D eigenvalue weighted by Crippen LogP contribution is -2.10. The van der Waals surface area contributed by atoms with Crippen LogP contribution in [0.3, 0.4) is 0 Å². The summed E-state index contributed by atoms with van der Waals surface area (Å²) < 4.78 is 11.2. The van der Waals surface area contributed by atoms with Crippen molar-refractivity contribution in [3.63, 3.8) is 0 Å². The highest BCUT2D eigenvalue weighted by atomic mass is 16.5. The van der Waals surface area contributed by atoms with Crippen molar-refractivity contribution in [1.82, 2.24) is 0 Å². The summed E-state index contributed by atoms with van der Waals surface area (Å²) in [5, 5.41) is 8.64. The lowest BCUT2D eigenvalue weighted by atomic mass is 10.2. The second-order valence-electron chi connectivity index (χ2n) is 4.57. The van der Waals surface area contributed by atoms with E-state index in [9.17, 15) is 0 Å². The Hall–Kier alpha value is -1.50. The molecule has 1 aliphatic rings. The Balaban J connectivity index is 1.73. The molecule has 2 rings (SSSR count). The first kappa shape index (κ1) is 13.9. The average molecular weight is 260 g/mol. The number of benzene rings is 1. The Kier molecular flexibility index (Phi) is 5.74. The Bertz CT molecular complexity index is 422. The van der Waals surface area contributed by atoms with E-state index in [2.05, 4.69) is 11.8 Å². The molecule has 1 N–H and O–H groups in total. The van der Waals surface area contributed by atoms with Gasteiger partial charge in [0.05, 0.1) is 19.3 Å². The average Bonchev–Trinajstić information content (AvgIpc) is 2.94. The number of hydrogen-bond donors (Lipinski definition) is 1. The molecular formula is C16H20O3.